The number of carbonyl (C=O) groups is 3. The highest BCUT2D eigenvalue weighted by Crippen LogP contribution is 2.11. The first kappa shape index (κ1) is 14.6. The third-order valence-corrected chi connectivity index (χ3v) is 2.87. The van der Waals surface area contributed by atoms with Crippen LogP contribution in [-0.2, 0) is 14.4 Å². The van der Waals surface area contributed by atoms with Crippen LogP contribution < -0.4 is 11.1 Å². The van der Waals surface area contributed by atoms with Crippen LogP contribution in [0.4, 0.5) is 0 Å². The van der Waals surface area contributed by atoms with Gasteiger partial charge in [-0.25, -0.2) is 0 Å². The van der Waals surface area contributed by atoms with E-state index in [4.69, 9.17) is 5.73 Å². The highest BCUT2D eigenvalue weighted by Gasteiger charge is 2.25. The maximum Gasteiger partial charge on any atom is 0.229 e. The minimum absolute atomic E-state index is 0.0369. The number of amides is 3. The lowest BCUT2D eigenvalue weighted by molar-refractivity contribution is -0.142. The minimum Gasteiger partial charge on any atom is -0.356 e. The molecule has 0 atom stereocenters. The van der Waals surface area contributed by atoms with E-state index in [0.717, 1.165) is 6.42 Å². The van der Waals surface area contributed by atoms with Crippen molar-refractivity contribution in [2.75, 3.05) is 19.6 Å². The summed E-state index contributed by atoms with van der Waals surface area (Å²) in [6, 6.07) is 0. The van der Waals surface area contributed by atoms with E-state index in [1.807, 2.05) is 0 Å². The number of hydrogen-bond acceptors (Lipinski definition) is 4. The topological polar surface area (TPSA) is 92.5 Å². The molecule has 1 fully saturated rings. The van der Waals surface area contributed by atoms with Crippen LogP contribution in [0.25, 0.3) is 0 Å². The van der Waals surface area contributed by atoms with Gasteiger partial charge in [-0.05, 0) is 25.8 Å². The van der Waals surface area contributed by atoms with E-state index in [1.165, 1.54) is 4.90 Å². The van der Waals surface area contributed by atoms with Crippen molar-refractivity contribution in [3.8, 4) is 0 Å². The van der Waals surface area contributed by atoms with E-state index in [1.54, 1.807) is 0 Å². The molecule has 0 aromatic rings. The first-order valence-corrected chi connectivity index (χ1v) is 6.45. The number of carbonyl (C=O) groups excluding carboxylic acids is 3. The van der Waals surface area contributed by atoms with E-state index in [9.17, 15) is 14.4 Å². The van der Waals surface area contributed by atoms with Crippen LogP contribution >= 0.6 is 0 Å². The van der Waals surface area contributed by atoms with Gasteiger partial charge in [0, 0.05) is 32.4 Å². The van der Waals surface area contributed by atoms with Crippen molar-refractivity contribution in [1.82, 2.24) is 10.2 Å². The molecule has 3 N–H and O–H groups in total. The normalized spacial score (nSPS) is 14.9. The number of hydrogen-bond donors (Lipinski definition) is 2. The Kier molecular flexibility index (Phi) is 6.35. The van der Waals surface area contributed by atoms with Crippen molar-refractivity contribution < 1.29 is 14.4 Å². The third-order valence-electron chi connectivity index (χ3n) is 2.87. The predicted molar refractivity (Wildman–Crippen MR) is 66.5 cm³/mol. The van der Waals surface area contributed by atoms with E-state index in [2.05, 4.69) is 5.32 Å². The van der Waals surface area contributed by atoms with Crippen LogP contribution in [0.2, 0.25) is 0 Å². The second kappa shape index (κ2) is 7.81. The Morgan fingerprint density at radius 1 is 1.28 bits per heavy atom. The molecular formula is C12H21N3O3. The number of imide groups is 1. The number of rotatable bonds is 7. The van der Waals surface area contributed by atoms with Gasteiger partial charge in [0.25, 0.3) is 0 Å². The molecule has 0 radical (unpaired) electrons. The Balaban J connectivity index is 2.08. The van der Waals surface area contributed by atoms with Crippen molar-refractivity contribution in [1.29, 1.82) is 0 Å². The van der Waals surface area contributed by atoms with E-state index >= 15 is 0 Å². The molecule has 0 bridgehead atoms. The van der Waals surface area contributed by atoms with Crippen LogP contribution in [-0.4, -0.2) is 42.3 Å². The third kappa shape index (κ3) is 4.83. The fourth-order valence-electron chi connectivity index (χ4n) is 1.87. The van der Waals surface area contributed by atoms with Crippen LogP contribution in [0.5, 0.6) is 0 Å². The van der Waals surface area contributed by atoms with Gasteiger partial charge < -0.3 is 11.1 Å². The van der Waals surface area contributed by atoms with Gasteiger partial charge in [0.1, 0.15) is 0 Å². The molecule has 0 saturated carbocycles. The van der Waals surface area contributed by atoms with Crippen LogP contribution in [0.3, 0.4) is 0 Å². The summed E-state index contributed by atoms with van der Waals surface area (Å²) in [5, 5.41) is 2.72. The largest absolute Gasteiger partial charge is 0.356 e. The Morgan fingerprint density at radius 3 is 2.67 bits per heavy atom. The predicted octanol–water partition coefficient (Wildman–Crippen LogP) is -0.229. The van der Waals surface area contributed by atoms with E-state index in [0.29, 0.717) is 51.7 Å². The van der Waals surface area contributed by atoms with Crippen molar-refractivity contribution in [2.45, 2.75) is 38.5 Å². The molecule has 0 aliphatic carbocycles. The zero-order valence-electron chi connectivity index (χ0n) is 10.6. The average Bonchev–Trinajstić information content (AvgIpc) is 2.78. The molecule has 3 amide bonds. The fourth-order valence-corrected chi connectivity index (χ4v) is 1.87. The summed E-state index contributed by atoms with van der Waals surface area (Å²) >= 11 is 0. The Labute approximate surface area is 107 Å². The lowest BCUT2D eigenvalue weighted by Gasteiger charge is -2.13. The van der Waals surface area contributed by atoms with Gasteiger partial charge in [0.15, 0.2) is 0 Å². The maximum atomic E-state index is 11.6. The summed E-state index contributed by atoms with van der Waals surface area (Å²) in [4.78, 5) is 35.5. The van der Waals surface area contributed by atoms with E-state index in [-0.39, 0.29) is 17.7 Å². The Hall–Kier alpha value is -1.43. The highest BCUT2D eigenvalue weighted by atomic mass is 16.2. The van der Waals surface area contributed by atoms with Crippen molar-refractivity contribution >= 4 is 17.7 Å². The number of nitrogens with one attached hydrogen (secondary N) is 1. The van der Waals surface area contributed by atoms with Crippen LogP contribution in [0.1, 0.15) is 38.5 Å². The molecular weight excluding hydrogens is 234 g/mol. The van der Waals surface area contributed by atoms with Gasteiger partial charge in [-0.15, -0.1) is 0 Å². The quantitative estimate of drug-likeness (QED) is 0.615. The van der Waals surface area contributed by atoms with Gasteiger partial charge in [0.05, 0.1) is 0 Å². The van der Waals surface area contributed by atoms with Gasteiger partial charge in [-0.2, -0.15) is 0 Å². The molecule has 1 rings (SSSR count). The number of likely N-dealkylation sites (tertiary alicyclic amines) is 1. The lowest BCUT2D eigenvalue weighted by atomic mass is 10.2. The molecule has 6 heteroatoms. The van der Waals surface area contributed by atoms with Gasteiger partial charge in [0.2, 0.25) is 17.7 Å². The smallest absolute Gasteiger partial charge is 0.229 e. The summed E-state index contributed by atoms with van der Waals surface area (Å²) in [6.45, 7) is 1.51. The molecule has 18 heavy (non-hydrogen) atoms. The van der Waals surface area contributed by atoms with Gasteiger partial charge in [-0.1, -0.05) is 0 Å². The molecule has 1 aliphatic rings. The average molecular weight is 255 g/mol. The first-order valence-electron chi connectivity index (χ1n) is 6.45. The van der Waals surface area contributed by atoms with E-state index < -0.39 is 0 Å². The molecule has 0 unspecified atom stereocenters. The fraction of sp³-hybridized carbons (Fsp3) is 0.750. The zero-order valence-corrected chi connectivity index (χ0v) is 10.6. The standard InChI is InChI=1S/C12H21N3O3/c13-7-1-4-10(16)14-8-2-5-11(17)15-9-3-6-12(15)18/h1-9,13H2,(H,14,16). The number of nitrogens with two attached hydrogens (primary N) is 1. The Morgan fingerprint density at radius 2 is 2.06 bits per heavy atom. The van der Waals surface area contributed by atoms with Gasteiger partial charge >= 0.3 is 0 Å². The summed E-state index contributed by atoms with van der Waals surface area (Å²) in [5.41, 5.74) is 5.29. The minimum atomic E-state index is -0.131. The summed E-state index contributed by atoms with van der Waals surface area (Å²) in [6.07, 6.45) is 3.21. The zero-order chi connectivity index (χ0) is 13.4. The van der Waals surface area contributed by atoms with Crippen LogP contribution in [0.15, 0.2) is 0 Å². The Bertz CT molecular complexity index is 318. The lowest BCUT2D eigenvalue weighted by Crippen LogP contribution is -2.32. The molecule has 0 spiro atoms. The molecule has 6 nitrogen and oxygen atoms in total. The van der Waals surface area contributed by atoms with Crippen molar-refractivity contribution in [2.24, 2.45) is 5.73 Å². The van der Waals surface area contributed by atoms with Crippen molar-refractivity contribution in [3.05, 3.63) is 0 Å². The number of nitrogens with zero attached hydrogens (tertiary/aromatic N) is 1. The molecule has 102 valence electrons. The second-order valence-electron chi connectivity index (χ2n) is 4.39. The molecule has 1 saturated heterocycles. The van der Waals surface area contributed by atoms with Gasteiger partial charge in [-0.3, -0.25) is 19.3 Å². The van der Waals surface area contributed by atoms with Crippen LogP contribution in [0, 0.1) is 0 Å². The van der Waals surface area contributed by atoms with Crippen molar-refractivity contribution in [3.63, 3.8) is 0 Å². The summed E-state index contributed by atoms with van der Waals surface area (Å²) in [5.74, 6) is -0.245. The SMILES string of the molecule is NCCCC(=O)NCCCC(=O)N1CCCC1=O. The molecule has 0 aromatic heterocycles. The molecule has 1 heterocycles. The second-order valence-corrected chi connectivity index (χ2v) is 4.39. The maximum absolute atomic E-state index is 11.6. The molecule has 0 aromatic carbocycles. The molecule has 1 aliphatic heterocycles. The highest BCUT2D eigenvalue weighted by molar-refractivity contribution is 5.96. The monoisotopic (exact) mass is 255 g/mol. The first-order chi connectivity index (χ1) is 8.65. The summed E-state index contributed by atoms with van der Waals surface area (Å²) < 4.78 is 0. The summed E-state index contributed by atoms with van der Waals surface area (Å²) in [7, 11) is 0.